The number of hydrogen-bond acceptors (Lipinski definition) is 20. The van der Waals surface area contributed by atoms with Gasteiger partial charge in [-0.15, -0.1) is 15.3 Å². The van der Waals surface area contributed by atoms with E-state index in [2.05, 4.69) is 34.1 Å². The summed E-state index contributed by atoms with van der Waals surface area (Å²) in [4.78, 5) is -1.73. The third-order valence-corrected chi connectivity index (χ3v) is 12.6. The highest BCUT2D eigenvalue weighted by molar-refractivity contribution is 7.91. The smallest absolute Gasteiger partial charge is 0.397 e. The van der Waals surface area contributed by atoms with Crippen molar-refractivity contribution in [2.75, 3.05) is 51.3 Å². The van der Waals surface area contributed by atoms with Gasteiger partial charge in [-0.1, -0.05) is 0 Å². The summed E-state index contributed by atoms with van der Waals surface area (Å²) in [6, 6.07) is 10.4. The zero-order valence-corrected chi connectivity index (χ0v) is 33.4. The first-order valence-electron chi connectivity index (χ1n) is 15.3. The Bertz CT molecular complexity index is 2810. The molecule has 0 atom stereocenters. The number of benzene rings is 4. The molecule has 0 spiro atoms. The number of ether oxygens (including phenoxy) is 2. The highest BCUT2D eigenvalue weighted by Gasteiger charge is 2.27. The molecule has 28 heteroatoms. The van der Waals surface area contributed by atoms with Crippen molar-refractivity contribution in [1.29, 1.82) is 0 Å². The zero-order valence-electron chi connectivity index (χ0n) is 29.4. The van der Waals surface area contributed by atoms with Crippen LogP contribution in [0.3, 0.4) is 0 Å². The second-order valence-electron chi connectivity index (χ2n) is 11.1. The predicted octanol–water partition coefficient (Wildman–Crippen LogP) is 3.87. The van der Waals surface area contributed by atoms with E-state index in [-0.39, 0.29) is 32.8 Å². The zero-order chi connectivity index (χ0) is 42.6. The molecule has 0 aromatic heterocycles. The predicted molar refractivity (Wildman–Crippen MR) is 198 cm³/mol. The molecule has 5 N–H and O–H groups in total. The molecule has 0 fully saturated rings. The van der Waals surface area contributed by atoms with Gasteiger partial charge in [-0.2, -0.15) is 30.4 Å². The average Bonchev–Trinajstić information content (AvgIpc) is 3.10. The minimum atomic E-state index is -5.15. The Morgan fingerprint density at radius 1 is 0.632 bits per heavy atom. The minimum Gasteiger partial charge on any atom is -0.506 e. The molecule has 0 radical (unpaired) electrons. The largest absolute Gasteiger partial charge is 0.506 e. The molecule has 0 aliphatic rings. The van der Waals surface area contributed by atoms with Gasteiger partial charge in [-0.05, 0) is 42.5 Å². The van der Waals surface area contributed by atoms with Gasteiger partial charge in [0, 0.05) is 30.0 Å². The number of sulfone groups is 2. The van der Waals surface area contributed by atoms with Gasteiger partial charge in [0.25, 0.3) is 10.1 Å². The van der Waals surface area contributed by atoms with Gasteiger partial charge in [0.2, 0.25) is 0 Å². The molecule has 23 nitrogen and oxygen atoms in total. The van der Waals surface area contributed by atoms with E-state index >= 15 is 0 Å². The summed E-state index contributed by atoms with van der Waals surface area (Å²) >= 11 is 0. The summed E-state index contributed by atoms with van der Waals surface area (Å²) in [6.45, 7) is -1.82. The fourth-order valence-electron chi connectivity index (χ4n) is 4.88. The van der Waals surface area contributed by atoms with Crippen molar-refractivity contribution in [3.8, 4) is 17.2 Å². The Hall–Kier alpha value is -4.91. The van der Waals surface area contributed by atoms with Crippen molar-refractivity contribution in [2.45, 2.75) is 14.7 Å². The third-order valence-electron chi connectivity index (χ3n) is 7.42. The molecule has 0 saturated heterocycles. The van der Waals surface area contributed by atoms with Crippen molar-refractivity contribution >= 4 is 89.8 Å². The number of nitrogens with zero attached hydrogens (tertiary/aromatic N) is 4. The Morgan fingerprint density at radius 3 is 1.74 bits per heavy atom. The SMILES string of the molecule is CNc1ccc2c(OC)c(N=Nc3cc(OC)c(S(=O)(=O)CCOS(=O)(=O)O)cc3O)c(S(=O)(=O)O)cc2c1N=Nc1ccc(S(=O)(=O)CCOS(=O)(=O)O)cc1. The van der Waals surface area contributed by atoms with Crippen LogP contribution in [-0.2, 0) is 59.0 Å². The van der Waals surface area contributed by atoms with Crippen LogP contribution in [0.2, 0.25) is 0 Å². The van der Waals surface area contributed by atoms with E-state index in [0.717, 1.165) is 38.5 Å². The van der Waals surface area contributed by atoms with Gasteiger partial charge >= 0.3 is 20.8 Å². The van der Waals surface area contributed by atoms with Crippen LogP contribution < -0.4 is 14.8 Å². The lowest BCUT2D eigenvalue weighted by molar-refractivity contribution is 0.282. The highest BCUT2D eigenvalue weighted by Crippen LogP contribution is 2.47. The Kier molecular flexibility index (Phi) is 13.6. The van der Waals surface area contributed by atoms with Crippen molar-refractivity contribution < 1.29 is 78.7 Å². The number of methoxy groups -OCH3 is 2. The molecule has 0 amide bonds. The summed E-state index contributed by atoms with van der Waals surface area (Å²) in [7, 11) is -19.7. The van der Waals surface area contributed by atoms with Crippen molar-refractivity contribution in [3.05, 3.63) is 54.6 Å². The summed E-state index contributed by atoms with van der Waals surface area (Å²) < 4.78 is 166. The molecule has 0 saturated carbocycles. The average molecular weight is 898 g/mol. The molecular weight excluding hydrogens is 867 g/mol. The maximum atomic E-state index is 12.8. The van der Waals surface area contributed by atoms with E-state index in [1.807, 2.05) is 0 Å². The van der Waals surface area contributed by atoms with Crippen LogP contribution in [0, 0.1) is 0 Å². The lowest BCUT2D eigenvalue weighted by Crippen LogP contribution is -2.16. The number of nitrogens with one attached hydrogen (secondary N) is 1. The number of anilines is 1. The van der Waals surface area contributed by atoms with Crippen LogP contribution in [0.1, 0.15) is 0 Å². The first-order valence-corrected chi connectivity index (χ1v) is 22.7. The number of phenols is 1. The molecule has 0 heterocycles. The van der Waals surface area contributed by atoms with E-state index in [9.17, 15) is 51.7 Å². The fourth-order valence-corrected chi connectivity index (χ4v) is 8.67. The molecular formula is C29H31N5O18S5. The van der Waals surface area contributed by atoms with Gasteiger partial charge in [0.1, 0.15) is 38.4 Å². The fraction of sp³-hybridized carbons (Fsp3) is 0.241. The third kappa shape index (κ3) is 11.4. The number of aromatic hydroxyl groups is 1. The van der Waals surface area contributed by atoms with E-state index in [0.29, 0.717) is 11.8 Å². The van der Waals surface area contributed by atoms with Gasteiger partial charge in [-0.3, -0.25) is 13.7 Å². The molecule has 4 rings (SSSR count). The minimum absolute atomic E-state index is 0.00177. The maximum Gasteiger partial charge on any atom is 0.397 e. The van der Waals surface area contributed by atoms with Gasteiger partial charge in [0.15, 0.2) is 25.4 Å². The monoisotopic (exact) mass is 897 g/mol. The van der Waals surface area contributed by atoms with Gasteiger partial charge in [-0.25, -0.2) is 25.2 Å². The van der Waals surface area contributed by atoms with Crippen LogP contribution >= 0.6 is 0 Å². The number of azo groups is 2. The molecule has 57 heavy (non-hydrogen) atoms. The van der Waals surface area contributed by atoms with Crippen molar-refractivity contribution in [3.63, 3.8) is 0 Å². The van der Waals surface area contributed by atoms with Crippen LogP contribution in [0.15, 0.2) is 89.7 Å². The second kappa shape index (κ2) is 17.3. The van der Waals surface area contributed by atoms with Crippen LogP contribution in [0.4, 0.5) is 28.4 Å². The molecule has 0 bridgehead atoms. The highest BCUT2D eigenvalue weighted by atomic mass is 32.3. The van der Waals surface area contributed by atoms with Gasteiger partial charge in [0.05, 0.1) is 55.2 Å². The van der Waals surface area contributed by atoms with Crippen LogP contribution in [0.5, 0.6) is 17.2 Å². The number of rotatable bonds is 18. The normalized spacial score (nSPS) is 13.1. The van der Waals surface area contributed by atoms with Crippen molar-refractivity contribution in [1.82, 2.24) is 0 Å². The molecule has 0 aliphatic carbocycles. The first-order chi connectivity index (χ1) is 26.4. The summed E-state index contributed by atoms with van der Waals surface area (Å²) in [6.07, 6.45) is 0. The Morgan fingerprint density at radius 2 is 1.21 bits per heavy atom. The van der Waals surface area contributed by atoms with E-state index < -0.39 is 108 Å². The van der Waals surface area contributed by atoms with Crippen molar-refractivity contribution in [2.24, 2.45) is 20.5 Å². The molecule has 0 unspecified atom stereocenters. The summed E-state index contributed by atoms with van der Waals surface area (Å²) in [5, 5.41) is 29.8. The number of fused-ring (bicyclic) bond motifs is 1. The molecule has 4 aromatic rings. The lowest BCUT2D eigenvalue weighted by atomic mass is 10.0. The topological polar surface area (TPSA) is 350 Å². The number of phenolic OH excluding ortho intramolecular Hbond substituents is 1. The quantitative estimate of drug-likeness (QED) is 0.0699. The van der Waals surface area contributed by atoms with Gasteiger partial charge < -0.3 is 19.9 Å². The Labute approximate surface area is 325 Å². The van der Waals surface area contributed by atoms with E-state index in [4.69, 9.17) is 18.6 Å². The first kappa shape index (κ1) is 44.8. The van der Waals surface area contributed by atoms with Crippen LogP contribution in [-0.4, -0.2) is 107 Å². The summed E-state index contributed by atoms with van der Waals surface area (Å²) in [5.41, 5.74) is -0.645. The maximum absolute atomic E-state index is 12.8. The van der Waals surface area contributed by atoms with E-state index in [1.165, 1.54) is 31.3 Å². The summed E-state index contributed by atoms with van der Waals surface area (Å²) in [5.74, 6) is -3.26. The Balaban J connectivity index is 1.78. The lowest BCUT2D eigenvalue weighted by Gasteiger charge is -2.15. The number of hydrogen-bond donors (Lipinski definition) is 5. The standard InChI is InChI=1S/C29H31N5O18S5/c1-30-21-9-8-19-20(27(21)33-31-17-4-6-18(7-5-17)53(36,37)12-10-51-56(43,44)45)14-26(55(40,41)42)28(29(19)50-3)34-32-22-15-24(49-2)25(16-23(22)35)54(38,39)13-11-52-57(46,47)48/h4-9,14-16,30,35H,10-13H2,1-3H3,(H,40,41,42)(H,43,44,45)(H,46,47,48). The second-order valence-corrected chi connectivity index (χ2v) is 18.8. The molecule has 4 aromatic carbocycles. The molecule has 0 aliphatic heterocycles. The van der Waals surface area contributed by atoms with E-state index in [1.54, 1.807) is 0 Å². The van der Waals surface area contributed by atoms with Crippen LogP contribution in [0.25, 0.3) is 10.8 Å². The molecule has 310 valence electrons.